The molecule has 0 N–H and O–H groups in total. The number of para-hydroxylation sites is 1. The highest BCUT2D eigenvalue weighted by atomic mass is 32.1. The average Bonchev–Trinajstić information content (AvgIpc) is 3.97. The van der Waals surface area contributed by atoms with Crippen LogP contribution in [0.4, 0.5) is 0 Å². The third kappa shape index (κ3) is 4.57. The first-order chi connectivity index (χ1) is 23.8. The third-order valence-electron chi connectivity index (χ3n) is 11.5. The largest absolute Gasteiger partial charge is 0.309 e. The first-order valence-corrected chi connectivity index (χ1v) is 18.8. The zero-order valence-corrected chi connectivity index (χ0v) is 28.1. The first kappa shape index (κ1) is 28.4. The molecule has 0 bridgehead atoms. The van der Waals surface area contributed by atoms with Gasteiger partial charge in [-0.1, -0.05) is 123 Å². The van der Waals surface area contributed by atoms with Crippen molar-refractivity contribution in [3.8, 4) is 27.9 Å². The maximum absolute atomic E-state index is 2.61. The lowest BCUT2D eigenvalue weighted by atomic mass is 9.95. The number of benzene rings is 6. The van der Waals surface area contributed by atoms with Crippen molar-refractivity contribution in [3.05, 3.63) is 139 Å². The molecule has 2 fully saturated rings. The lowest BCUT2D eigenvalue weighted by molar-refractivity contribution is 0.723. The predicted molar refractivity (Wildman–Crippen MR) is 207 cm³/mol. The van der Waals surface area contributed by atoms with Gasteiger partial charge >= 0.3 is 0 Å². The van der Waals surface area contributed by atoms with Crippen LogP contribution in [0.15, 0.2) is 127 Å². The molecular formula is C46H39NS. The van der Waals surface area contributed by atoms with Crippen molar-refractivity contribution in [1.82, 2.24) is 4.57 Å². The van der Waals surface area contributed by atoms with E-state index in [1.807, 2.05) is 11.3 Å². The number of hydrogen-bond acceptors (Lipinski definition) is 1. The van der Waals surface area contributed by atoms with Gasteiger partial charge in [-0.25, -0.2) is 0 Å². The first-order valence-electron chi connectivity index (χ1n) is 18.0. The fourth-order valence-corrected chi connectivity index (χ4v) is 10.3. The molecule has 2 heterocycles. The molecular weight excluding hydrogens is 599 g/mol. The Kier molecular flexibility index (Phi) is 6.79. The summed E-state index contributed by atoms with van der Waals surface area (Å²) in [7, 11) is 0. The summed E-state index contributed by atoms with van der Waals surface area (Å²) in [4.78, 5) is 0. The van der Waals surface area contributed by atoms with Crippen molar-refractivity contribution < 1.29 is 0 Å². The molecule has 1 nitrogen and oxygen atoms in total. The molecule has 2 aliphatic carbocycles. The molecule has 0 unspecified atom stereocenters. The van der Waals surface area contributed by atoms with Crippen LogP contribution in [0, 0.1) is 0 Å². The molecule has 2 saturated carbocycles. The normalized spacial score (nSPS) is 15.9. The topological polar surface area (TPSA) is 4.93 Å². The van der Waals surface area contributed by atoms with Gasteiger partial charge in [-0.05, 0) is 95.7 Å². The quantitative estimate of drug-likeness (QED) is 0.177. The summed E-state index contributed by atoms with van der Waals surface area (Å²) in [5.41, 5.74) is 12.1. The molecule has 0 saturated heterocycles. The van der Waals surface area contributed by atoms with E-state index in [1.54, 1.807) is 0 Å². The van der Waals surface area contributed by atoms with Gasteiger partial charge in [0.25, 0.3) is 0 Å². The van der Waals surface area contributed by atoms with Crippen LogP contribution >= 0.6 is 11.3 Å². The molecule has 2 aromatic heterocycles. The van der Waals surface area contributed by atoms with Gasteiger partial charge in [0.1, 0.15) is 0 Å². The number of rotatable bonds is 5. The Morgan fingerprint density at radius 1 is 0.458 bits per heavy atom. The Bertz CT molecular complexity index is 2410. The summed E-state index contributed by atoms with van der Waals surface area (Å²) in [6, 6.07) is 48.7. The van der Waals surface area contributed by atoms with Gasteiger partial charge in [0, 0.05) is 36.5 Å². The molecule has 0 atom stereocenters. The highest BCUT2D eigenvalue weighted by Crippen LogP contribution is 2.44. The summed E-state index contributed by atoms with van der Waals surface area (Å²) < 4.78 is 5.32. The summed E-state index contributed by atoms with van der Waals surface area (Å²) in [6.45, 7) is 0. The number of fused-ring (bicyclic) bond motifs is 6. The maximum atomic E-state index is 2.61. The van der Waals surface area contributed by atoms with E-state index in [-0.39, 0.29) is 0 Å². The second-order valence-electron chi connectivity index (χ2n) is 14.2. The zero-order valence-electron chi connectivity index (χ0n) is 27.3. The molecule has 2 heteroatoms. The SMILES string of the molecule is c1cc(-c2ccccc2-n2c3cc(C4CCCC4)ccc3c3ccc(C4CCCC4)cc32)cc(-c2cccc3c2sc2ccccc23)c1. The minimum absolute atomic E-state index is 0.679. The van der Waals surface area contributed by atoms with E-state index >= 15 is 0 Å². The predicted octanol–water partition coefficient (Wildman–Crippen LogP) is 13.8. The Labute approximate surface area is 286 Å². The lowest BCUT2D eigenvalue weighted by Gasteiger charge is -2.17. The molecule has 8 aromatic rings. The lowest BCUT2D eigenvalue weighted by Crippen LogP contribution is -1.99. The third-order valence-corrected chi connectivity index (χ3v) is 12.7. The van der Waals surface area contributed by atoms with Crippen molar-refractivity contribution in [3.63, 3.8) is 0 Å². The molecule has 0 radical (unpaired) electrons. The summed E-state index contributed by atoms with van der Waals surface area (Å²) in [6.07, 6.45) is 10.7. The minimum atomic E-state index is 0.679. The zero-order chi connectivity index (χ0) is 31.6. The molecule has 0 aliphatic heterocycles. The molecule has 6 aromatic carbocycles. The van der Waals surface area contributed by atoms with Crippen LogP contribution in [0.3, 0.4) is 0 Å². The maximum Gasteiger partial charge on any atom is 0.0544 e. The van der Waals surface area contributed by atoms with E-state index in [0.29, 0.717) is 11.8 Å². The van der Waals surface area contributed by atoms with Gasteiger partial charge in [-0.15, -0.1) is 11.3 Å². The van der Waals surface area contributed by atoms with Gasteiger partial charge in [0.15, 0.2) is 0 Å². The fourth-order valence-electron chi connectivity index (χ4n) is 9.08. The smallest absolute Gasteiger partial charge is 0.0544 e. The van der Waals surface area contributed by atoms with E-state index in [0.717, 1.165) is 0 Å². The van der Waals surface area contributed by atoms with Crippen molar-refractivity contribution >= 4 is 53.3 Å². The van der Waals surface area contributed by atoms with E-state index in [2.05, 4.69) is 132 Å². The fraction of sp³-hybridized carbons (Fsp3) is 0.217. The minimum Gasteiger partial charge on any atom is -0.309 e. The van der Waals surface area contributed by atoms with Crippen molar-refractivity contribution in [2.24, 2.45) is 0 Å². The Balaban J connectivity index is 1.18. The molecule has 0 spiro atoms. The van der Waals surface area contributed by atoms with Gasteiger partial charge in [-0.2, -0.15) is 0 Å². The Morgan fingerprint density at radius 2 is 1.02 bits per heavy atom. The van der Waals surface area contributed by atoms with Gasteiger partial charge in [0.2, 0.25) is 0 Å². The van der Waals surface area contributed by atoms with Crippen LogP contribution in [-0.4, -0.2) is 4.57 Å². The number of aromatic nitrogens is 1. The van der Waals surface area contributed by atoms with Crippen LogP contribution in [0.25, 0.3) is 69.9 Å². The van der Waals surface area contributed by atoms with Crippen LogP contribution < -0.4 is 0 Å². The van der Waals surface area contributed by atoms with E-state index in [4.69, 9.17) is 0 Å². The number of hydrogen-bond donors (Lipinski definition) is 0. The van der Waals surface area contributed by atoms with Crippen LogP contribution in [-0.2, 0) is 0 Å². The molecule has 0 amide bonds. The molecule has 234 valence electrons. The number of nitrogens with zero attached hydrogens (tertiary/aromatic N) is 1. The monoisotopic (exact) mass is 637 g/mol. The van der Waals surface area contributed by atoms with E-state index in [9.17, 15) is 0 Å². The molecule has 48 heavy (non-hydrogen) atoms. The Hall–Kier alpha value is -4.66. The standard InChI is InChI=1S/C46H39NS/c1-2-12-30(11-1)32-23-25-38-39-26-24-33(31-13-3-4-14-31)29-44(39)47(43(38)28-32)42-21-7-5-17-36(42)34-15-9-16-35(27-34)37-19-10-20-41-40-18-6-8-22-45(40)48-46(37)41/h5-10,15-31H,1-4,11-14H2. The van der Waals surface area contributed by atoms with Crippen molar-refractivity contribution in [1.29, 1.82) is 0 Å². The second-order valence-corrected chi connectivity index (χ2v) is 15.3. The van der Waals surface area contributed by atoms with Crippen LogP contribution in [0.5, 0.6) is 0 Å². The van der Waals surface area contributed by atoms with Gasteiger partial charge in [0.05, 0.1) is 16.7 Å². The average molecular weight is 638 g/mol. The van der Waals surface area contributed by atoms with E-state index in [1.165, 1.54) is 132 Å². The molecule has 10 rings (SSSR count). The summed E-state index contributed by atoms with van der Waals surface area (Å²) >= 11 is 1.91. The van der Waals surface area contributed by atoms with Gasteiger partial charge in [-0.3, -0.25) is 0 Å². The summed E-state index contributed by atoms with van der Waals surface area (Å²) in [5, 5.41) is 5.43. The number of thiophene rings is 1. The van der Waals surface area contributed by atoms with Crippen molar-refractivity contribution in [2.75, 3.05) is 0 Å². The van der Waals surface area contributed by atoms with Gasteiger partial charge < -0.3 is 4.57 Å². The highest BCUT2D eigenvalue weighted by Gasteiger charge is 2.23. The van der Waals surface area contributed by atoms with Crippen LogP contribution in [0.2, 0.25) is 0 Å². The molecule has 2 aliphatic rings. The van der Waals surface area contributed by atoms with E-state index < -0.39 is 0 Å². The van der Waals surface area contributed by atoms with Crippen LogP contribution in [0.1, 0.15) is 74.3 Å². The van der Waals surface area contributed by atoms with Crippen molar-refractivity contribution in [2.45, 2.75) is 63.2 Å². The highest BCUT2D eigenvalue weighted by molar-refractivity contribution is 7.26. The summed E-state index contributed by atoms with van der Waals surface area (Å²) in [5.74, 6) is 1.36. The second kappa shape index (κ2) is 11.5. The Morgan fingerprint density at radius 3 is 1.73 bits per heavy atom.